The Balaban J connectivity index is 2.41. The van der Waals surface area contributed by atoms with Crippen molar-refractivity contribution in [2.45, 2.75) is 58.0 Å². The van der Waals surface area contributed by atoms with E-state index in [-0.39, 0.29) is 17.9 Å². The molecular formula is C11H22N2O. The van der Waals surface area contributed by atoms with Crippen LogP contribution in [-0.4, -0.2) is 18.0 Å². The predicted molar refractivity (Wildman–Crippen MR) is 57.8 cm³/mol. The Morgan fingerprint density at radius 3 is 2.29 bits per heavy atom. The Kier molecular flexibility index (Phi) is 4.39. The van der Waals surface area contributed by atoms with Crippen molar-refractivity contribution in [3.8, 4) is 0 Å². The zero-order valence-corrected chi connectivity index (χ0v) is 9.25. The summed E-state index contributed by atoms with van der Waals surface area (Å²) in [7, 11) is 0. The zero-order valence-electron chi connectivity index (χ0n) is 9.25. The van der Waals surface area contributed by atoms with E-state index in [1.54, 1.807) is 0 Å². The minimum absolute atomic E-state index is 0.155. The van der Waals surface area contributed by atoms with E-state index in [2.05, 4.69) is 5.32 Å². The highest BCUT2D eigenvalue weighted by Crippen LogP contribution is 2.18. The van der Waals surface area contributed by atoms with Crippen molar-refractivity contribution in [3.63, 3.8) is 0 Å². The van der Waals surface area contributed by atoms with Crippen LogP contribution in [0.25, 0.3) is 0 Å². The van der Waals surface area contributed by atoms with Gasteiger partial charge in [0.25, 0.3) is 0 Å². The number of carbonyl (C=O) groups is 1. The molecular weight excluding hydrogens is 176 g/mol. The Hall–Kier alpha value is -0.570. The van der Waals surface area contributed by atoms with Gasteiger partial charge in [-0.2, -0.15) is 0 Å². The third kappa shape index (κ3) is 3.29. The third-order valence-corrected chi connectivity index (χ3v) is 2.99. The van der Waals surface area contributed by atoms with E-state index in [0.29, 0.717) is 6.04 Å². The Morgan fingerprint density at radius 2 is 1.86 bits per heavy atom. The van der Waals surface area contributed by atoms with E-state index in [0.717, 1.165) is 0 Å². The summed E-state index contributed by atoms with van der Waals surface area (Å²) >= 11 is 0. The van der Waals surface area contributed by atoms with Gasteiger partial charge < -0.3 is 11.1 Å². The van der Waals surface area contributed by atoms with Gasteiger partial charge in [0.2, 0.25) is 5.91 Å². The van der Waals surface area contributed by atoms with Crippen LogP contribution >= 0.6 is 0 Å². The molecule has 1 fully saturated rings. The summed E-state index contributed by atoms with van der Waals surface area (Å²) in [6.07, 6.45) is 6.27. The van der Waals surface area contributed by atoms with Crippen molar-refractivity contribution in [3.05, 3.63) is 0 Å². The van der Waals surface area contributed by atoms with Crippen LogP contribution in [0.4, 0.5) is 0 Å². The number of amides is 1. The standard InChI is InChI=1S/C11H22N2O/c1-8(2)10(11(12)14)13-9-6-4-3-5-7-9/h8-10,13H,3-7H2,1-2H3,(H2,12,14). The molecule has 82 valence electrons. The number of nitrogens with two attached hydrogens (primary N) is 1. The van der Waals surface area contributed by atoms with E-state index in [4.69, 9.17) is 5.73 Å². The highest BCUT2D eigenvalue weighted by molar-refractivity contribution is 5.80. The van der Waals surface area contributed by atoms with Crippen molar-refractivity contribution >= 4 is 5.91 Å². The fourth-order valence-electron chi connectivity index (χ4n) is 2.13. The van der Waals surface area contributed by atoms with Crippen LogP contribution in [0.15, 0.2) is 0 Å². The number of rotatable bonds is 4. The van der Waals surface area contributed by atoms with Gasteiger partial charge in [-0.3, -0.25) is 4.79 Å². The average molecular weight is 198 g/mol. The lowest BCUT2D eigenvalue weighted by atomic mass is 9.93. The van der Waals surface area contributed by atoms with Gasteiger partial charge in [0.15, 0.2) is 0 Å². The molecule has 3 nitrogen and oxygen atoms in total. The van der Waals surface area contributed by atoms with E-state index in [1.807, 2.05) is 13.8 Å². The molecule has 1 unspecified atom stereocenters. The van der Waals surface area contributed by atoms with Gasteiger partial charge in [0.1, 0.15) is 0 Å². The molecule has 0 aromatic rings. The lowest BCUT2D eigenvalue weighted by Gasteiger charge is -2.28. The molecule has 0 heterocycles. The normalized spacial score (nSPS) is 21.1. The molecule has 1 aliphatic carbocycles. The van der Waals surface area contributed by atoms with Gasteiger partial charge in [0.05, 0.1) is 6.04 Å². The second kappa shape index (κ2) is 5.35. The second-order valence-corrected chi connectivity index (χ2v) is 4.63. The first-order valence-corrected chi connectivity index (χ1v) is 5.66. The second-order valence-electron chi connectivity index (χ2n) is 4.63. The third-order valence-electron chi connectivity index (χ3n) is 2.99. The fraction of sp³-hybridized carbons (Fsp3) is 0.909. The molecule has 1 amide bonds. The molecule has 1 saturated carbocycles. The Morgan fingerprint density at radius 1 is 1.29 bits per heavy atom. The van der Waals surface area contributed by atoms with Crippen LogP contribution in [0, 0.1) is 5.92 Å². The molecule has 1 rings (SSSR count). The molecule has 1 atom stereocenters. The average Bonchev–Trinajstić information content (AvgIpc) is 2.15. The van der Waals surface area contributed by atoms with Gasteiger partial charge in [-0.25, -0.2) is 0 Å². The minimum atomic E-state index is -0.217. The van der Waals surface area contributed by atoms with Crippen molar-refractivity contribution in [2.75, 3.05) is 0 Å². The molecule has 0 radical (unpaired) electrons. The summed E-state index contributed by atoms with van der Waals surface area (Å²) < 4.78 is 0. The van der Waals surface area contributed by atoms with Gasteiger partial charge in [-0.05, 0) is 18.8 Å². The van der Waals surface area contributed by atoms with Crippen molar-refractivity contribution in [1.29, 1.82) is 0 Å². The highest BCUT2D eigenvalue weighted by Gasteiger charge is 2.23. The number of hydrogen-bond donors (Lipinski definition) is 2. The molecule has 1 aliphatic rings. The van der Waals surface area contributed by atoms with Crippen LogP contribution in [0.2, 0.25) is 0 Å². The van der Waals surface area contributed by atoms with Crippen LogP contribution in [-0.2, 0) is 4.79 Å². The van der Waals surface area contributed by atoms with E-state index in [9.17, 15) is 4.79 Å². The van der Waals surface area contributed by atoms with Crippen LogP contribution in [0.1, 0.15) is 46.0 Å². The van der Waals surface area contributed by atoms with Gasteiger partial charge in [0, 0.05) is 6.04 Å². The van der Waals surface area contributed by atoms with Gasteiger partial charge in [-0.15, -0.1) is 0 Å². The first-order valence-electron chi connectivity index (χ1n) is 5.66. The molecule has 0 spiro atoms. The molecule has 14 heavy (non-hydrogen) atoms. The maximum Gasteiger partial charge on any atom is 0.234 e. The molecule has 3 N–H and O–H groups in total. The maximum atomic E-state index is 11.2. The first-order chi connectivity index (χ1) is 6.61. The first kappa shape index (κ1) is 11.5. The Labute approximate surface area is 86.4 Å². The van der Waals surface area contributed by atoms with E-state index in [1.165, 1.54) is 32.1 Å². The Bertz CT molecular complexity index is 186. The number of hydrogen-bond acceptors (Lipinski definition) is 2. The SMILES string of the molecule is CC(C)C(NC1CCCCC1)C(N)=O. The van der Waals surface area contributed by atoms with E-state index >= 15 is 0 Å². The highest BCUT2D eigenvalue weighted by atomic mass is 16.1. The van der Waals surface area contributed by atoms with Crippen LogP contribution < -0.4 is 11.1 Å². The van der Waals surface area contributed by atoms with Crippen LogP contribution in [0.5, 0.6) is 0 Å². The molecule has 0 aromatic heterocycles. The maximum absolute atomic E-state index is 11.2. The van der Waals surface area contributed by atoms with Gasteiger partial charge in [-0.1, -0.05) is 33.1 Å². The summed E-state index contributed by atoms with van der Waals surface area (Å²) in [5.74, 6) is 0.0694. The largest absolute Gasteiger partial charge is 0.368 e. The zero-order chi connectivity index (χ0) is 10.6. The summed E-state index contributed by atoms with van der Waals surface area (Å²) in [6.45, 7) is 4.07. The summed E-state index contributed by atoms with van der Waals surface area (Å²) in [4.78, 5) is 11.2. The fourth-order valence-corrected chi connectivity index (χ4v) is 2.13. The summed E-state index contributed by atoms with van der Waals surface area (Å²) in [6, 6.07) is 0.349. The van der Waals surface area contributed by atoms with Crippen molar-refractivity contribution in [2.24, 2.45) is 11.7 Å². The monoisotopic (exact) mass is 198 g/mol. The molecule has 0 aromatic carbocycles. The predicted octanol–water partition coefficient (Wildman–Crippen LogP) is 1.42. The molecule has 0 aliphatic heterocycles. The van der Waals surface area contributed by atoms with Crippen molar-refractivity contribution in [1.82, 2.24) is 5.32 Å². The number of carbonyl (C=O) groups excluding carboxylic acids is 1. The lowest BCUT2D eigenvalue weighted by molar-refractivity contribution is -0.121. The topological polar surface area (TPSA) is 55.1 Å². The van der Waals surface area contributed by atoms with Crippen molar-refractivity contribution < 1.29 is 4.79 Å². The molecule has 0 saturated heterocycles. The lowest BCUT2D eigenvalue weighted by Crippen LogP contribution is -2.49. The summed E-state index contributed by atoms with van der Waals surface area (Å²) in [5, 5.41) is 3.38. The number of primary amides is 1. The minimum Gasteiger partial charge on any atom is -0.368 e. The van der Waals surface area contributed by atoms with E-state index < -0.39 is 0 Å². The quantitative estimate of drug-likeness (QED) is 0.717. The molecule has 0 bridgehead atoms. The van der Waals surface area contributed by atoms with Gasteiger partial charge >= 0.3 is 0 Å². The smallest absolute Gasteiger partial charge is 0.234 e. The molecule has 3 heteroatoms. The number of nitrogens with one attached hydrogen (secondary N) is 1. The summed E-state index contributed by atoms with van der Waals surface area (Å²) in [5.41, 5.74) is 5.35. The van der Waals surface area contributed by atoms with Crippen LogP contribution in [0.3, 0.4) is 0 Å².